The largest absolute Gasteiger partial charge is 0.458 e. The van der Waals surface area contributed by atoms with Crippen molar-refractivity contribution in [3.05, 3.63) is 268 Å². The van der Waals surface area contributed by atoms with E-state index in [0.29, 0.717) is 54.6 Å². The SMILES string of the molecule is CC(C)c1cc(-c2c(/C=C/C3CC(O)CC(=O)O3)c(C3CC3)nc3ccccc23)ccc1F.CC(C)c1cc(-c2c(/C=C/C3CC(O)CC(=O)O3)n(C(C)C)c3ccccc23)ccc1F.CC(C)c1ccc2c(-c3ccc(F)cc3)c(/C=C/C3CC(O)CC(=O)O3)n(C(C)C)c2c1.CC(C)c1ccc2c(c1)c(-c1ccc(F)cc1)c(/C=C/C1CC(O)CC(=O)O1)n2C(C)C. The van der Waals surface area contributed by atoms with E-state index in [4.69, 9.17) is 23.9 Å². The monoisotopic (exact) mass is 1750 g/mol. The number of ether oxygens (including phenoxy) is 4. The number of hydrogen-bond donors (Lipinski definition) is 4. The summed E-state index contributed by atoms with van der Waals surface area (Å²) in [6.07, 6.45) is 14.5. The molecule has 20 heteroatoms. The number of nitrogens with zero attached hydrogens (tertiary/aromatic N) is 4. The molecular formula is C109H118F4N4O12. The predicted octanol–water partition coefficient (Wildman–Crippen LogP) is 24.8. The zero-order valence-electron chi connectivity index (χ0n) is 75.9. The molecule has 0 amide bonds. The molecule has 0 bridgehead atoms. The second-order valence-electron chi connectivity index (χ2n) is 36.8. The minimum absolute atomic E-state index is 0.0357. The smallest absolute Gasteiger partial charge is 0.309 e. The van der Waals surface area contributed by atoms with Crippen molar-refractivity contribution in [1.82, 2.24) is 18.7 Å². The van der Waals surface area contributed by atoms with Crippen molar-refractivity contribution < 1.29 is 76.1 Å². The molecule has 1 aliphatic carbocycles. The van der Waals surface area contributed by atoms with Crippen molar-refractivity contribution in [3.8, 4) is 44.5 Å². The minimum atomic E-state index is -0.691. The van der Waals surface area contributed by atoms with Crippen LogP contribution in [0.3, 0.4) is 0 Å². The Labute approximate surface area is 752 Å². The van der Waals surface area contributed by atoms with Crippen LogP contribution in [0.1, 0.15) is 259 Å². The number of carbonyl (C=O) groups is 4. The zero-order valence-corrected chi connectivity index (χ0v) is 75.9. The number of fused-ring (bicyclic) bond motifs is 4. The summed E-state index contributed by atoms with van der Waals surface area (Å²) in [7, 11) is 0. The van der Waals surface area contributed by atoms with E-state index in [-0.39, 0.29) is 103 Å². The van der Waals surface area contributed by atoms with Crippen LogP contribution in [0, 0.1) is 23.3 Å². The van der Waals surface area contributed by atoms with Gasteiger partial charge < -0.3 is 53.1 Å². The van der Waals surface area contributed by atoms with E-state index in [1.807, 2.05) is 131 Å². The normalized spacial score (nSPS) is 19.9. The van der Waals surface area contributed by atoms with E-state index in [1.165, 1.54) is 35.4 Å². The highest BCUT2D eigenvalue weighted by molar-refractivity contribution is 6.05. The number of aromatic nitrogens is 4. The van der Waals surface area contributed by atoms with E-state index in [9.17, 15) is 57.2 Å². The number of para-hydroxylation sites is 2. The van der Waals surface area contributed by atoms with E-state index in [2.05, 4.69) is 138 Å². The van der Waals surface area contributed by atoms with Gasteiger partial charge in [0.25, 0.3) is 0 Å². The van der Waals surface area contributed by atoms with Crippen molar-refractivity contribution in [3.63, 3.8) is 0 Å². The summed E-state index contributed by atoms with van der Waals surface area (Å²) in [5.74, 6) is -1.20. The number of carbonyl (C=O) groups excluding carboxylic acids is 4. The number of rotatable bonds is 20. The molecule has 4 N–H and O–H groups in total. The van der Waals surface area contributed by atoms with Gasteiger partial charge in [-0.2, -0.15) is 0 Å². The number of pyridine rings is 1. The third-order valence-corrected chi connectivity index (χ3v) is 24.6. The maximum Gasteiger partial charge on any atom is 0.309 e. The number of halogens is 4. The summed E-state index contributed by atoms with van der Waals surface area (Å²) < 4.78 is 84.8. The maximum atomic E-state index is 14.5. The third-order valence-electron chi connectivity index (χ3n) is 24.6. The molecule has 0 spiro atoms. The standard InChI is InChI=1S/C28H28FNO3.3C27H30FNO3/c1-16(2)23-13-18(9-12-24(23)29)27-21-5-3-4-6-25(21)30-28(17-7-8-17)22(27)11-10-20-14-19(31)15-26(32)33-20;1-16(2)19-7-11-24-23(13-19)27(18-5-8-20(28)9-6-18)25(29(24)17(3)4)12-10-22-14-21(30)15-26(31)32-22;1-16(2)19-7-11-23-25(13-19)29(17(3)4)24(27(23)18-5-8-20(28)9-6-18)12-10-22-14-21(30)15-26(31)32-22;1-16(2)22-13-18(9-11-23(22)28)27-21-7-5-6-8-24(21)29(17(3)4)25(27)12-10-20-14-19(30)15-26(31)32-20/h3-6,9-13,16-17,19-20,31H,7-8,14-15H2,1-2H3;2*5-13,16-17,21-22,30H,14-15H2,1-4H3;5-13,16-17,19-20,30H,14-15H2,1-4H3/b11-10+;3*12-10+. The van der Waals surface area contributed by atoms with Crippen molar-refractivity contribution >= 4 is 91.8 Å². The Bertz CT molecular complexity index is 6200. The molecule has 129 heavy (non-hydrogen) atoms. The number of benzene rings is 8. The van der Waals surface area contributed by atoms with Crippen molar-refractivity contribution in [1.29, 1.82) is 0 Å². The molecule has 8 atom stereocenters. The Hall–Kier alpha value is -11.8. The van der Waals surface area contributed by atoms with Crippen LogP contribution in [0.25, 0.3) is 112 Å². The molecular weight excluding hydrogens is 1630 g/mol. The Morgan fingerprint density at radius 3 is 1.13 bits per heavy atom. The van der Waals surface area contributed by atoms with E-state index in [0.717, 1.165) is 129 Å². The van der Waals surface area contributed by atoms with Crippen LogP contribution in [0.4, 0.5) is 17.6 Å². The second kappa shape index (κ2) is 40.5. The molecule has 5 fully saturated rings. The first-order chi connectivity index (χ1) is 61.6. The minimum Gasteiger partial charge on any atom is -0.458 e. The number of aliphatic hydroxyl groups is 4. The zero-order chi connectivity index (χ0) is 92.1. The van der Waals surface area contributed by atoms with Gasteiger partial charge in [-0.3, -0.25) is 24.2 Å². The van der Waals surface area contributed by atoms with Gasteiger partial charge in [-0.25, -0.2) is 17.6 Å². The van der Waals surface area contributed by atoms with E-state index < -0.39 is 48.8 Å². The summed E-state index contributed by atoms with van der Waals surface area (Å²) in [4.78, 5) is 52.2. The van der Waals surface area contributed by atoms with Gasteiger partial charge in [-0.1, -0.05) is 152 Å². The molecule has 5 aliphatic rings. The van der Waals surface area contributed by atoms with Crippen molar-refractivity contribution in [2.24, 2.45) is 0 Å². The highest BCUT2D eigenvalue weighted by Crippen LogP contribution is 2.48. The van der Waals surface area contributed by atoms with Crippen molar-refractivity contribution in [2.75, 3.05) is 0 Å². The fraction of sp³-hybridized carbons (Fsp3) is 0.367. The Kier molecular flexibility index (Phi) is 29.3. The molecule has 4 saturated heterocycles. The van der Waals surface area contributed by atoms with Crippen LogP contribution in [-0.2, 0) is 38.1 Å². The van der Waals surface area contributed by atoms with Crippen LogP contribution >= 0.6 is 0 Å². The first-order valence-electron chi connectivity index (χ1n) is 45.4. The van der Waals surface area contributed by atoms with Gasteiger partial charge in [0, 0.05) is 133 Å². The van der Waals surface area contributed by atoms with Gasteiger partial charge in [0.05, 0.1) is 61.3 Å². The van der Waals surface area contributed by atoms with Gasteiger partial charge in [-0.05, 0) is 244 Å². The Morgan fingerprint density at radius 1 is 0.357 bits per heavy atom. The van der Waals surface area contributed by atoms with Crippen LogP contribution in [0.15, 0.2) is 194 Å². The molecule has 1 saturated carbocycles. The molecule has 8 unspecified atom stereocenters. The lowest BCUT2D eigenvalue weighted by molar-refractivity contribution is -0.157. The average Bonchev–Trinajstić information content (AvgIpc) is 1.62. The first kappa shape index (κ1) is 93.3. The summed E-state index contributed by atoms with van der Waals surface area (Å²) in [6.45, 7) is 29.4. The van der Waals surface area contributed by atoms with Gasteiger partial charge in [0.2, 0.25) is 0 Å². The molecule has 4 aromatic heterocycles. The van der Waals surface area contributed by atoms with Crippen molar-refractivity contribution in [2.45, 2.75) is 258 Å². The molecule has 16 nitrogen and oxygen atoms in total. The van der Waals surface area contributed by atoms with Gasteiger partial charge in [-0.15, -0.1) is 0 Å². The third kappa shape index (κ3) is 21.5. The van der Waals surface area contributed by atoms with Gasteiger partial charge in [0.15, 0.2) is 0 Å². The number of aliphatic hydroxyl groups excluding tert-OH is 4. The van der Waals surface area contributed by atoms with E-state index in [1.54, 1.807) is 36.4 Å². The van der Waals surface area contributed by atoms with Crippen LogP contribution < -0.4 is 0 Å². The lowest BCUT2D eigenvalue weighted by Crippen LogP contribution is -2.31. The number of hydrogen-bond acceptors (Lipinski definition) is 13. The van der Waals surface area contributed by atoms with E-state index >= 15 is 0 Å². The highest BCUT2D eigenvalue weighted by atomic mass is 19.1. The van der Waals surface area contributed by atoms with Crippen LogP contribution in [-0.4, -0.2) is 112 Å². The summed E-state index contributed by atoms with van der Waals surface area (Å²) in [5, 5.41) is 44.2. The molecule has 0 radical (unpaired) electrons. The van der Waals surface area contributed by atoms with Crippen LogP contribution in [0.5, 0.6) is 0 Å². The Morgan fingerprint density at radius 2 is 0.713 bits per heavy atom. The summed E-state index contributed by atoms with van der Waals surface area (Å²) in [5.41, 5.74) is 20.8. The first-order valence-corrected chi connectivity index (χ1v) is 45.4. The number of esters is 4. The molecule has 8 heterocycles. The van der Waals surface area contributed by atoms with Gasteiger partial charge >= 0.3 is 23.9 Å². The highest BCUT2D eigenvalue weighted by Gasteiger charge is 2.34. The molecule has 4 aliphatic heterocycles. The fourth-order valence-electron chi connectivity index (χ4n) is 18.2. The average molecular weight is 1750 g/mol. The Balaban J connectivity index is 0.000000139. The van der Waals surface area contributed by atoms with Gasteiger partial charge in [0.1, 0.15) is 47.7 Å². The lowest BCUT2D eigenvalue weighted by Gasteiger charge is -2.24. The molecule has 8 aromatic carbocycles. The number of cyclic esters (lactones) is 4. The molecule has 12 aromatic rings. The quantitative estimate of drug-likeness (QED) is 0.0318. The fourth-order valence-corrected chi connectivity index (χ4v) is 18.2. The summed E-state index contributed by atoms with van der Waals surface area (Å²) in [6, 6.07) is 53.6. The molecule has 674 valence electrons. The van der Waals surface area contributed by atoms with Crippen LogP contribution in [0.2, 0.25) is 0 Å². The summed E-state index contributed by atoms with van der Waals surface area (Å²) >= 11 is 0. The topological polar surface area (TPSA) is 214 Å². The predicted molar refractivity (Wildman–Crippen MR) is 505 cm³/mol. The lowest BCUT2D eigenvalue weighted by atomic mass is 9.89. The molecule has 17 rings (SSSR count). The second-order valence-corrected chi connectivity index (χ2v) is 36.8. The maximum absolute atomic E-state index is 14.5.